The monoisotopic (exact) mass is 268 g/mol. The summed E-state index contributed by atoms with van der Waals surface area (Å²) in [5.74, 6) is 1.97. The lowest BCUT2D eigenvalue weighted by atomic mass is 10.1. The highest BCUT2D eigenvalue weighted by atomic mass is 35.5. The first-order valence-electron chi connectivity index (χ1n) is 6.76. The Bertz CT molecular complexity index is 410. The molecule has 0 radical (unpaired) electrons. The average molecular weight is 269 g/mol. The first-order chi connectivity index (χ1) is 8.71. The number of anilines is 1. The van der Waals surface area contributed by atoms with Crippen molar-refractivity contribution in [3.63, 3.8) is 0 Å². The van der Waals surface area contributed by atoms with Crippen LogP contribution in [0.3, 0.4) is 0 Å². The zero-order chi connectivity index (χ0) is 13.1. The third-order valence-corrected chi connectivity index (χ3v) is 4.11. The SMILES string of the molecule is CCc1nnc(N2CCC(C)C2CCl)nc1CC. The Hall–Kier alpha value is -0.900. The molecule has 0 N–H and O–H groups in total. The van der Waals surface area contributed by atoms with Crippen LogP contribution in [0.1, 0.15) is 38.6 Å². The molecule has 18 heavy (non-hydrogen) atoms. The summed E-state index contributed by atoms with van der Waals surface area (Å²) < 4.78 is 0. The van der Waals surface area contributed by atoms with Gasteiger partial charge in [0.1, 0.15) is 0 Å². The van der Waals surface area contributed by atoms with Gasteiger partial charge in [0, 0.05) is 18.5 Å². The second-order valence-corrected chi connectivity index (χ2v) is 5.20. The van der Waals surface area contributed by atoms with Crippen LogP contribution in [0.5, 0.6) is 0 Å². The molecule has 0 aromatic carbocycles. The van der Waals surface area contributed by atoms with Gasteiger partial charge >= 0.3 is 0 Å². The summed E-state index contributed by atoms with van der Waals surface area (Å²) >= 11 is 6.06. The molecular weight excluding hydrogens is 248 g/mol. The Morgan fingerprint density at radius 2 is 1.94 bits per heavy atom. The Kier molecular flexibility index (Phi) is 4.38. The smallest absolute Gasteiger partial charge is 0.245 e. The molecule has 0 bridgehead atoms. The number of alkyl halides is 1. The normalized spacial score (nSPS) is 23.7. The van der Waals surface area contributed by atoms with E-state index in [1.54, 1.807) is 0 Å². The summed E-state index contributed by atoms with van der Waals surface area (Å²) in [6.07, 6.45) is 2.94. The summed E-state index contributed by atoms with van der Waals surface area (Å²) in [7, 11) is 0. The molecule has 2 heterocycles. The predicted molar refractivity (Wildman–Crippen MR) is 74.2 cm³/mol. The number of halogens is 1. The maximum atomic E-state index is 6.06. The van der Waals surface area contributed by atoms with Gasteiger partial charge in [-0.05, 0) is 25.2 Å². The van der Waals surface area contributed by atoms with Crippen molar-refractivity contribution < 1.29 is 0 Å². The quantitative estimate of drug-likeness (QED) is 0.787. The lowest BCUT2D eigenvalue weighted by molar-refractivity contribution is 0.544. The standard InChI is InChI=1S/C13H21ClN4/c1-4-10-11(5-2)16-17-13(15-10)18-7-6-9(3)12(18)8-14/h9,12H,4-8H2,1-3H3. The van der Waals surface area contributed by atoms with Crippen LogP contribution in [-0.4, -0.2) is 33.6 Å². The van der Waals surface area contributed by atoms with Crippen molar-refractivity contribution in [2.45, 2.75) is 46.1 Å². The number of aryl methyl sites for hydroxylation is 2. The van der Waals surface area contributed by atoms with E-state index < -0.39 is 0 Å². The molecule has 0 aliphatic carbocycles. The van der Waals surface area contributed by atoms with Gasteiger partial charge in [0.2, 0.25) is 5.95 Å². The van der Waals surface area contributed by atoms with Crippen molar-refractivity contribution >= 4 is 17.5 Å². The van der Waals surface area contributed by atoms with E-state index >= 15 is 0 Å². The van der Waals surface area contributed by atoms with Crippen LogP contribution in [0.4, 0.5) is 5.95 Å². The number of nitrogens with zero attached hydrogens (tertiary/aromatic N) is 4. The van der Waals surface area contributed by atoms with Gasteiger partial charge in [0.05, 0.1) is 11.4 Å². The van der Waals surface area contributed by atoms with Gasteiger partial charge < -0.3 is 4.90 Å². The zero-order valence-corrected chi connectivity index (χ0v) is 12.1. The molecule has 1 aromatic heterocycles. The van der Waals surface area contributed by atoms with Crippen LogP contribution in [0.25, 0.3) is 0 Å². The Morgan fingerprint density at radius 3 is 2.56 bits per heavy atom. The first-order valence-corrected chi connectivity index (χ1v) is 7.29. The molecule has 1 aromatic rings. The Balaban J connectivity index is 2.28. The van der Waals surface area contributed by atoms with E-state index in [9.17, 15) is 0 Å². The fourth-order valence-corrected chi connectivity index (χ4v) is 3.01. The second-order valence-electron chi connectivity index (χ2n) is 4.89. The van der Waals surface area contributed by atoms with Gasteiger partial charge in [-0.25, -0.2) is 4.98 Å². The summed E-state index contributed by atoms with van der Waals surface area (Å²) in [6, 6.07) is 0.339. The minimum atomic E-state index is 0.339. The summed E-state index contributed by atoms with van der Waals surface area (Å²) in [5, 5.41) is 8.59. The van der Waals surface area contributed by atoms with E-state index in [1.165, 1.54) is 0 Å². The zero-order valence-electron chi connectivity index (χ0n) is 11.4. The lowest BCUT2D eigenvalue weighted by Gasteiger charge is -2.25. The highest BCUT2D eigenvalue weighted by Crippen LogP contribution is 2.28. The van der Waals surface area contributed by atoms with Crippen molar-refractivity contribution in [1.82, 2.24) is 15.2 Å². The summed E-state index contributed by atoms with van der Waals surface area (Å²) in [6.45, 7) is 7.42. The molecule has 4 nitrogen and oxygen atoms in total. The molecule has 5 heteroatoms. The van der Waals surface area contributed by atoms with Crippen molar-refractivity contribution in [2.24, 2.45) is 5.92 Å². The molecule has 1 aliphatic rings. The molecule has 0 amide bonds. The van der Waals surface area contributed by atoms with Gasteiger partial charge in [-0.1, -0.05) is 20.8 Å². The van der Waals surface area contributed by atoms with Crippen LogP contribution in [0, 0.1) is 5.92 Å². The fraction of sp³-hybridized carbons (Fsp3) is 0.769. The Morgan fingerprint density at radius 1 is 1.22 bits per heavy atom. The van der Waals surface area contributed by atoms with Crippen molar-refractivity contribution in [2.75, 3.05) is 17.3 Å². The number of rotatable bonds is 4. The van der Waals surface area contributed by atoms with Crippen molar-refractivity contribution in [3.8, 4) is 0 Å². The minimum Gasteiger partial charge on any atom is -0.335 e. The molecule has 0 saturated carbocycles. The second kappa shape index (κ2) is 5.83. The molecule has 2 rings (SSSR count). The third kappa shape index (κ3) is 2.44. The van der Waals surface area contributed by atoms with E-state index in [4.69, 9.17) is 11.6 Å². The topological polar surface area (TPSA) is 41.9 Å². The molecular formula is C13H21ClN4. The number of hydrogen-bond donors (Lipinski definition) is 0. The first kappa shape index (κ1) is 13.5. The summed E-state index contributed by atoms with van der Waals surface area (Å²) in [4.78, 5) is 6.88. The van der Waals surface area contributed by atoms with E-state index in [2.05, 4.69) is 40.9 Å². The highest BCUT2D eigenvalue weighted by molar-refractivity contribution is 6.18. The van der Waals surface area contributed by atoms with Gasteiger partial charge in [0.25, 0.3) is 0 Å². The van der Waals surface area contributed by atoms with Crippen molar-refractivity contribution in [1.29, 1.82) is 0 Å². The Labute approximate surface area is 114 Å². The maximum Gasteiger partial charge on any atom is 0.245 e. The molecule has 1 aliphatic heterocycles. The summed E-state index contributed by atoms with van der Waals surface area (Å²) in [5.41, 5.74) is 2.08. The van der Waals surface area contributed by atoms with E-state index in [0.29, 0.717) is 17.8 Å². The van der Waals surface area contributed by atoms with Crippen LogP contribution in [0.2, 0.25) is 0 Å². The van der Waals surface area contributed by atoms with Crippen molar-refractivity contribution in [3.05, 3.63) is 11.4 Å². The van der Waals surface area contributed by atoms with Gasteiger partial charge in [-0.2, -0.15) is 5.10 Å². The fourth-order valence-electron chi connectivity index (χ4n) is 2.54. The van der Waals surface area contributed by atoms with E-state index in [0.717, 1.165) is 43.1 Å². The van der Waals surface area contributed by atoms with E-state index in [1.807, 2.05) is 0 Å². The van der Waals surface area contributed by atoms with Gasteiger partial charge in [-0.3, -0.25) is 0 Å². The van der Waals surface area contributed by atoms with Crippen LogP contribution < -0.4 is 4.90 Å². The lowest BCUT2D eigenvalue weighted by Crippen LogP contribution is -2.35. The van der Waals surface area contributed by atoms with Crippen LogP contribution >= 0.6 is 11.6 Å². The molecule has 0 spiro atoms. The van der Waals surface area contributed by atoms with Crippen LogP contribution in [0.15, 0.2) is 0 Å². The van der Waals surface area contributed by atoms with Crippen LogP contribution in [-0.2, 0) is 12.8 Å². The maximum absolute atomic E-state index is 6.06. The molecule has 100 valence electrons. The predicted octanol–water partition coefficient (Wildman–Crippen LogP) is 2.45. The number of aromatic nitrogens is 3. The highest BCUT2D eigenvalue weighted by Gasteiger charge is 2.32. The minimum absolute atomic E-state index is 0.339. The average Bonchev–Trinajstić information content (AvgIpc) is 2.78. The van der Waals surface area contributed by atoms with Gasteiger partial charge in [-0.15, -0.1) is 16.7 Å². The largest absolute Gasteiger partial charge is 0.335 e. The number of hydrogen-bond acceptors (Lipinski definition) is 4. The third-order valence-electron chi connectivity index (χ3n) is 3.80. The molecule has 1 fully saturated rings. The van der Waals surface area contributed by atoms with E-state index in [-0.39, 0.29) is 0 Å². The molecule has 2 unspecified atom stereocenters. The molecule has 2 atom stereocenters. The molecule has 1 saturated heterocycles. The van der Waals surface area contributed by atoms with Gasteiger partial charge in [0.15, 0.2) is 0 Å².